The molecule has 3 N–H and O–H groups in total. The van der Waals surface area contributed by atoms with E-state index in [0.29, 0.717) is 5.56 Å². The summed E-state index contributed by atoms with van der Waals surface area (Å²) in [4.78, 5) is 0.782. The first-order chi connectivity index (χ1) is 8.69. The molecule has 1 aromatic heterocycles. The molecule has 1 heterocycles. The van der Waals surface area contributed by atoms with Crippen molar-refractivity contribution in [2.45, 2.75) is 13.0 Å². The molecular formula is C11H13FN4OS. The fourth-order valence-corrected chi connectivity index (χ4v) is 2.44. The van der Waals surface area contributed by atoms with Gasteiger partial charge in [-0.3, -0.25) is 5.84 Å². The Bertz CT molecular complexity index is 546. The molecule has 0 aliphatic carbocycles. The minimum absolute atomic E-state index is 0.183. The Hall–Kier alpha value is -1.57. The minimum Gasteiger partial charge on any atom is -0.494 e. The summed E-state index contributed by atoms with van der Waals surface area (Å²) in [6.07, 6.45) is 0. The third-order valence-electron chi connectivity index (χ3n) is 2.64. The highest BCUT2D eigenvalue weighted by atomic mass is 32.1. The predicted octanol–water partition coefficient (Wildman–Crippen LogP) is 1.55. The molecule has 0 aliphatic rings. The molecule has 0 radical (unpaired) electrons. The number of nitrogens with zero attached hydrogens (tertiary/aromatic N) is 2. The minimum atomic E-state index is -0.486. The number of hydrogen-bond acceptors (Lipinski definition) is 6. The molecular weight excluding hydrogens is 255 g/mol. The largest absolute Gasteiger partial charge is 0.494 e. The number of aromatic nitrogens is 2. The van der Waals surface area contributed by atoms with Crippen molar-refractivity contribution in [3.8, 4) is 5.75 Å². The van der Waals surface area contributed by atoms with E-state index in [1.165, 1.54) is 18.6 Å². The van der Waals surface area contributed by atoms with Crippen molar-refractivity contribution < 1.29 is 9.13 Å². The van der Waals surface area contributed by atoms with Gasteiger partial charge in [0.05, 0.1) is 23.7 Å². The van der Waals surface area contributed by atoms with Gasteiger partial charge in [-0.1, -0.05) is 16.6 Å². The second-order valence-corrected chi connectivity index (χ2v) is 4.47. The summed E-state index contributed by atoms with van der Waals surface area (Å²) >= 11 is 1.19. The molecule has 0 fully saturated rings. The normalized spacial score (nSPS) is 12.4. The molecule has 0 bridgehead atoms. The van der Waals surface area contributed by atoms with Crippen LogP contribution in [0.2, 0.25) is 0 Å². The molecule has 0 saturated carbocycles. The Kier molecular flexibility index (Phi) is 3.85. The molecule has 1 unspecified atom stereocenters. The van der Waals surface area contributed by atoms with E-state index in [1.54, 1.807) is 25.1 Å². The summed E-state index contributed by atoms with van der Waals surface area (Å²) in [6, 6.07) is 4.44. The highest BCUT2D eigenvalue weighted by Gasteiger charge is 2.22. The van der Waals surface area contributed by atoms with E-state index >= 15 is 0 Å². The Balaban J connectivity index is 2.49. The third-order valence-corrected chi connectivity index (χ3v) is 3.53. The first kappa shape index (κ1) is 12.9. The van der Waals surface area contributed by atoms with Crippen LogP contribution in [0.5, 0.6) is 5.75 Å². The van der Waals surface area contributed by atoms with Gasteiger partial charge in [0.2, 0.25) is 0 Å². The fourth-order valence-electron chi connectivity index (χ4n) is 1.72. The van der Waals surface area contributed by atoms with E-state index in [1.807, 2.05) is 0 Å². The Labute approximate surface area is 108 Å². The standard InChI is InChI=1S/C11H13FN4OS/c1-6-11(18-16-15-6)10(14-13)7-4-3-5-8(17-2)9(7)12/h3-5,10,14H,13H2,1-2H3. The van der Waals surface area contributed by atoms with Crippen LogP contribution in [0.15, 0.2) is 18.2 Å². The van der Waals surface area contributed by atoms with Crippen molar-refractivity contribution in [3.05, 3.63) is 40.2 Å². The lowest BCUT2D eigenvalue weighted by Crippen LogP contribution is -2.29. The fraction of sp³-hybridized carbons (Fsp3) is 0.273. The van der Waals surface area contributed by atoms with Crippen LogP contribution in [0, 0.1) is 12.7 Å². The van der Waals surface area contributed by atoms with Crippen LogP contribution in [-0.4, -0.2) is 16.7 Å². The zero-order valence-electron chi connectivity index (χ0n) is 9.98. The van der Waals surface area contributed by atoms with Gasteiger partial charge in [0.15, 0.2) is 11.6 Å². The van der Waals surface area contributed by atoms with E-state index in [0.717, 1.165) is 10.6 Å². The van der Waals surface area contributed by atoms with Crippen LogP contribution in [0.1, 0.15) is 22.2 Å². The molecule has 0 spiro atoms. The molecule has 5 nitrogen and oxygen atoms in total. The maximum absolute atomic E-state index is 14.2. The van der Waals surface area contributed by atoms with E-state index in [9.17, 15) is 4.39 Å². The number of benzene rings is 1. The molecule has 18 heavy (non-hydrogen) atoms. The second kappa shape index (κ2) is 5.38. The topological polar surface area (TPSA) is 73.1 Å². The summed E-state index contributed by atoms with van der Waals surface area (Å²) in [5, 5.41) is 3.90. The number of nitrogens with one attached hydrogen (secondary N) is 1. The van der Waals surface area contributed by atoms with Crippen LogP contribution in [0.4, 0.5) is 4.39 Å². The van der Waals surface area contributed by atoms with Gasteiger partial charge in [-0.2, -0.15) is 0 Å². The highest BCUT2D eigenvalue weighted by molar-refractivity contribution is 7.05. The van der Waals surface area contributed by atoms with Crippen LogP contribution in [0.3, 0.4) is 0 Å². The lowest BCUT2D eigenvalue weighted by molar-refractivity contribution is 0.382. The number of rotatable bonds is 4. The van der Waals surface area contributed by atoms with Crippen LogP contribution in [-0.2, 0) is 0 Å². The van der Waals surface area contributed by atoms with Crippen molar-refractivity contribution in [2.24, 2.45) is 5.84 Å². The summed E-state index contributed by atoms with van der Waals surface area (Å²) in [5.74, 6) is 5.27. The third kappa shape index (κ3) is 2.20. The van der Waals surface area contributed by atoms with Crippen LogP contribution >= 0.6 is 11.5 Å². The van der Waals surface area contributed by atoms with Gasteiger partial charge in [-0.15, -0.1) is 5.10 Å². The molecule has 7 heteroatoms. The van der Waals surface area contributed by atoms with E-state index in [-0.39, 0.29) is 5.75 Å². The number of nitrogens with two attached hydrogens (primary N) is 1. The van der Waals surface area contributed by atoms with Crippen LogP contribution in [0.25, 0.3) is 0 Å². The van der Waals surface area contributed by atoms with Crippen molar-refractivity contribution >= 4 is 11.5 Å². The molecule has 2 aromatic rings. The second-order valence-electron chi connectivity index (χ2n) is 3.69. The molecule has 1 aromatic carbocycles. The number of aryl methyl sites for hydroxylation is 1. The molecule has 96 valence electrons. The summed E-state index contributed by atoms with van der Waals surface area (Å²) in [5.41, 5.74) is 3.72. The predicted molar refractivity (Wildman–Crippen MR) is 66.8 cm³/mol. The SMILES string of the molecule is COc1cccc(C(NN)c2snnc2C)c1F. The molecule has 0 amide bonds. The van der Waals surface area contributed by atoms with Crippen molar-refractivity contribution in [3.63, 3.8) is 0 Å². The van der Waals surface area contributed by atoms with Gasteiger partial charge in [0.25, 0.3) is 0 Å². The summed E-state index contributed by atoms with van der Waals surface area (Å²) in [6.45, 7) is 1.81. The Morgan fingerprint density at radius 3 is 2.83 bits per heavy atom. The van der Waals surface area contributed by atoms with E-state index < -0.39 is 11.9 Å². The number of hydrazine groups is 1. The first-order valence-electron chi connectivity index (χ1n) is 5.26. The maximum atomic E-state index is 14.2. The molecule has 1 atom stereocenters. The Morgan fingerprint density at radius 2 is 2.28 bits per heavy atom. The lowest BCUT2D eigenvalue weighted by Gasteiger charge is -2.16. The average molecular weight is 268 g/mol. The zero-order valence-corrected chi connectivity index (χ0v) is 10.8. The summed E-state index contributed by atoms with van der Waals surface area (Å²) in [7, 11) is 1.42. The van der Waals surface area contributed by atoms with Crippen molar-refractivity contribution in [1.82, 2.24) is 15.0 Å². The van der Waals surface area contributed by atoms with Crippen molar-refractivity contribution in [1.29, 1.82) is 0 Å². The van der Waals surface area contributed by atoms with Crippen LogP contribution < -0.4 is 16.0 Å². The maximum Gasteiger partial charge on any atom is 0.170 e. The van der Waals surface area contributed by atoms with E-state index in [2.05, 4.69) is 15.0 Å². The lowest BCUT2D eigenvalue weighted by atomic mass is 10.0. The van der Waals surface area contributed by atoms with Gasteiger partial charge >= 0.3 is 0 Å². The van der Waals surface area contributed by atoms with Gasteiger partial charge in [0, 0.05) is 5.56 Å². The number of ether oxygens (including phenoxy) is 1. The highest BCUT2D eigenvalue weighted by Crippen LogP contribution is 2.31. The van der Waals surface area contributed by atoms with Crippen molar-refractivity contribution in [2.75, 3.05) is 7.11 Å². The van der Waals surface area contributed by atoms with E-state index in [4.69, 9.17) is 10.6 Å². The molecule has 0 aliphatic heterocycles. The monoisotopic (exact) mass is 268 g/mol. The smallest absolute Gasteiger partial charge is 0.170 e. The van der Waals surface area contributed by atoms with Gasteiger partial charge in [-0.05, 0) is 24.5 Å². The number of methoxy groups -OCH3 is 1. The van der Waals surface area contributed by atoms with Gasteiger partial charge in [0.1, 0.15) is 0 Å². The number of halogens is 1. The molecule has 2 rings (SSSR count). The zero-order chi connectivity index (χ0) is 13.1. The average Bonchev–Trinajstić information content (AvgIpc) is 2.79. The summed E-state index contributed by atoms with van der Waals surface area (Å²) < 4.78 is 23.0. The number of hydrogen-bond donors (Lipinski definition) is 2. The molecule has 0 saturated heterocycles. The van der Waals surface area contributed by atoms with Gasteiger partial charge in [-0.25, -0.2) is 9.82 Å². The quantitative estimate of drug-likeness (QED) is 0.650. The Morgan fingerprint density at radius 1 is 1.50 bits per heavy atom. The van der Waals surface area contributed by atoms with Gasteiger partial charge < -0.3 is 4.74 Å². The first-order valence-corrected chi connectivity index (χ1v) is 6.03.